The van der Waals surface area contributed by atoms with E-state index in [4.69, 9.17) is 5.73 Å². The number of nitrogen functional groups attached to an aromatic ring is 1. The molecule has 0 heterocycles. The monoisotopic (exact) mass is 288 g/mol. The molecule has 0 radical (unpaired) electrons. The van der Waals surface area contributed by atoms with Crippen LogP contribution in [0.1, 0.15) is 19.8 Å². The number of rotatable bonds is 6. The molecule has 0 spiro atoms. The summed E-state index contributed by atoms with van der Waals surface area (Å²) in [7, 11) is -0.336. The molecule has 1 aromatic carbocycles. The van der Waals surface area contributed by atoms with Crippen LogP contribution >= 0.6 is 11.8 Å². The van der Waals surface area contributed by atoms with E-state index < -0.39 is 10.0 Å². The van der Waals surface area contributed by atoms with E-state index in [2.05, 4.69) is 6.92 Å². The summed E-state index contributed by atoms with van der Waals surface area (Å²) < 4.78 is 25.2. The molecule has 1 aromatic rings. The third-order valence-corrected chi connectivity index (χ3v) is 5.49. The van der Waals surface area contributed by atoms with E-state index in [9.17, 15) is 8.42 Å². The zero-order chi connectivity index (χ0) is 13.8. The highest BCUT2D eigenvalue weighted by Gasteiger charge is 2.18. The molecule has 0 fully saturated rings. The van der Waals surface area contributed by atoms with Crippen molar-refractivity contribution in [3.63, 3.8) is 0 Å². The lowest BCUT2D eigenvalue weighted by Crippen LogP contribution is -2.22. The second kappa shape index (κ2) is 6.45. The van der Waals surface area contributed by atoms with Gasteiger partial charge in [0.05, 0.1) is 4.90 Å². The predicted molar refractivity (Wildman–Crippen MR) is 77.4 cm³/mol. The Kier molecular flexibility index (Phi) is 5.49. The van der Waals surface area contributed by atoms with Gasteiger partial charge in [-0.2, -0.15) is 0 Å². The Morgan fingerprint density at radius 2 is 2.00 bits per heavy atom. The van der Waals surface area contributed by atoms with E-state index >= 15 is 0 Å². The zero-order valence-electron chi connectivity index (χ0n) is 11.0. The first-order chi connectivity index (χ1) is 8.39. The van der Waals surface area contributed by atoms with Crippen LogP contribution in [0.4, 0.5) is 5.69 Å². The molecule has 18 heavy (non-hydrogen) atoms. The van der Waals surface area contributed by atoms with Crippen molar-refractivity contribution >= 4 is 27.5 Å². The smallest absolute Gasteiger partial charge is 0.242 e. The zero-order valence-corrected chi connectivity index (χ0v) is 12.6. The molecule has 0 aromatic heterocycles. The van der Waals surface area contributed by atoms with E-state index in [1.54, 1.807) is 30.0 Å². The molecule has 2 N–H and O–H groups in total. The first-order valence-electron chi connectivity index (χ1n) is 5.84. The van der Waals surface area contributed by atoms with Crippen molar-refractivity contribution < 1.29 is 8.42 Å². The summed E-state index contributed by atoms with van der Waals surface area (Å²) in [5.74, 6) is 0.951. The van der Waals surface area contributed by atoms with Gasteiger partial charge in [-0.25, -0.2) is 12.7 Å². The van der Waals surface area contributed by atoms with Crippen molar-refractivity contribution in [2.75, 3.05) is 25.6 Å². The molecule has 0 amide bonds. The number of hydrogen-bond acceptors (Lipinski definition) is 4. The molecule has 1 rings (SSSR count). The molecule has 0 aliphatic rings. The van der Waals surface area contributed by atoms with Crippen molar-refractivity contribution in [1.82, 2.24) is 4.31 Å². The van der Waals surface area contributed by atoms with Gasteiger partial charge >= 0.3 is 0 Å². The number of nitrogens with zero attached hydrogens (tertiary/aromatic N) is 1. The van der Waals surface area contributed by atoms with Crippen LogP contribution < -0.4 is 5.73 Å². The highest BCUT2D eigenvalue weighted by atomic mass is 32.2. The molecule has 4 nitrogen and oxygen atoms in total. The average molecular weight is 288 g/mol. The van der Waals surface area contributed by atoms with Crippen molar-refractivity contribution in [1.29, 1.82) is 0 Å². The Morgan fingerprint density at radius 1 is 1.33 bits per heavy atom. The van der Waals surface area contributed by atoms with Gasteiger partial charge in [0.15, 0.2) is 0 Å². The van der Waals surface area contributed by atoms with Crippen LogP contribution in [0.25, 0.3) is 0 Å². The van der Waals surface area contributed by atoms with Gasteiger partial charge in [0.2, 0.25) is 10.0 Å². The van der Waals surface area contributed by atoms with Gasteiger partial charge in [-0.3, -0.25) is 0 Å². The Bertz CT molecular complexity index is 499. The fraction of sp³-hybridized carbons (Fsp3) is 0.500. The molecular formula is C12H20N2O2S2. The fourth-order valence-electron chi connectivity index (χ4n) is 1.34. The van der Waals surface area contributed by atoms with Crippen LogP contribution in [0.3, 0.4) is 0 Å². The summed E-state index contributed by atoms with van der Waals surface area (Å²) >= 11 is 1.61. The lowest BCUT2D eigenvalue weighted by atomic mass is 10.3. The van der Waals surface area contributed by atoms with Crippen LogP contribution in [-0.4, -0.2) is 32.6 Å². The van der Waals surface area contributed by atoms with Crippen molar-refractivity contribution in [3.05, 3.63) is 18.2 Å². The summed E-state index contributed by atoms with van der Waals surface area (Å²) in [5, 5.41) is 0. The number of anilines is 1. The molecule has 6 heteroatoms. The summed E-state index contributed by atoms with van der Waals surface area (Å²) in [6.07, 6.45) is 2.21. The van der Waals surface area contributed by atoms with E-state index in [1.807, 2.05) is 0 Å². The van der Waals surface area contributed by atoms with Gasteiger partial charge < -0.3 is 5.73 Å². The maximum absolute atomic E-state index is 12.0. The summed E-state index contributed by atoms with van der Waals surface area (Å²) in [5.41, 5.74) is 6.49. The quantitative estimate of drug-likeness (QED) is 0.496. The predicted octanol–water partition coefficient (Wildman–Crippen LogP) is 2.41. The second-order valence-electron chi connectivity index (χ2n) is 4.19. The van der Waals surface area contributed by atoms with Gasteiger partial charge in [0.25, 0.3) is 0 Å². The number of thioether (sulfide) groups is 1. The molecule has 102 valence electrons. The first-order valence-corrected chi connectivity index (χ1v) is 8.27. The Hall–Kier alpha value is -0.720. The minimum absolute atomic E-state index is 0.292. The third-order valence-electron chi connectivity index (χ3n) is 2.52. The average Bonchev–Trinajstić information content (AvgIpc) is 2.31. The summed E-state index contributed by atoms with van der Waals surface area (Å²) in [6.45, 7) is 2.12. The highest BCUT2D eigenvalue weighted by molar-refractivity contribution is 7.99. The van der Waals surface area contributed by atoms with Crippen molar-refractivity contribution in [2.24, 2.45) is 0 Å². The molecule has 0 saturated carbocycles. The van der Waals surface area contributed by atoms with E-state index in [-0.39, 0.29) is 0 Å². The first kappa shape index (κ1) is 15.3. The maximum Gasteiger partial charge on any atom is 0.242 e. The SMILES string of the molecule is CCCCSc1cc(S(=O)(=O)N(C)C)ccc1N. The summed E-state index contributed by atoms with van der Waals surface area (Å²) in [6, 6.07) is 4.87. The minimum Gasteiger partial charge on any atom is -0.398 e. The molecule has 0 aliphatic carbocycles. The van der Waals surface area contributed by atoms with Crippen molar-refractivity contribution in [2.45, 2.75) is 29.6 Å². The highest BCUT2D eigenvalue weighted by Crippen LogP contribution is 2.29. The normalized spacial score (nSPS) is 12.0. The Labute approximate surface area is 114 Å². The second-order valence-corrected chi connectivity index (χ2v) is 7.48. The Balaban J connectivity index is 3.01. The van der Waals surface area contributed by atoms with Crippen LogP contribution in [0.2, 0.25) is 0 Å². The number of nitrogens with two attached hydrogens (primary N) is 1. The van der Waals surface area contributed by atoms with E-state index in [0.29, 0.717) is 10.6 Å². The molecule has 0 saturated heterocycles. The molecular weight excluding hydrogens is 268 g/mol. The lowest BCUT2D eigenvalue weighted by molar-refractivity contribution is 0.520. The molecule has 0 aliphatic heterocycles. The number of benzene rings is 1. The van der Waals surface area contributed by atoms with Gasteiger partial charge in [-0.05, 0) is 30.4 Å². The number of hydrogen-bond donors (Lipinski definition) is 1. The summed E-state index contributed by atoms with van der Waals surface area (Å²) in [4.78, 5) is 1.13. The van der Waals surface area contributed by atoms with Gasteiger partial charge in [-0.15, -0.1) is 11.8 Å². The maximum atomic E-state index is 12.0. The third kappa shape index (κ3) is 3.63. The molecule has 0 atom stereocenters. The fourth-order valence-corrected chi connectivity index (χ4v) is 3.44. The standard InChI is InChI=1S/C12H20N2O2S2/c1-4-5-8-17-12-9-10(6-7-11(12)13)18(15,16)14(2)3/h6-7,9H,4-5,8,13H2,1-3H3. The van der Waals surface area contributed by atoms with Gasteiger partial charge in [-0.1, -0.05) is 13.3 Å². The minimum atomic E-state index is -3.38. The topological polar surface area (TPSA) is 63.4 Å². The molecule has 0 unspecified atom stereocenters. The van der Waals surface area contributed by atoms with Gasteiger partial charge in [0.1, 0.15) is 0 Å². The van der Waals surface area contributed by atoms with Crippen LogP contribution in [0, 0.1) is 0 Å². The number of sulfonamides is 1. The van der Waals surface area contributed by atoms with Gasteiger partial charge in [0, 0.05) is 24.7 Å². The largest absolute Gasteiger partial charge is 0.398 e. The lowest BCUT2D eigenvalue weighted by Gasteiger charge is -2.13. The van der Waals surface area contributed by atoms with Crippen LogP contribution in [-0.2, 0) is 10.0 Å². The molecule has 0 bridgehead atoms. The number of unbranched alkanes of at least 4 members (excludes halogenated alkanes) is 1. The Morgan fingerprint density at radius 3 is 2.56 bits per heavy atom. The van der Waals surface area contributed by atoms with Crippen LogP contribution in [0.15, 0.2) is 28.0 Å². The van der Waals surface area contributed by atoms with E-state index in [1.165, 1.54) is 18.4 Å². The van der Waals surface area contributed by atoms with Crippen molar-refractivity contribution in [3.8, 4) is 0 Å². The van der Waals surface area contributed by atoms with Crippen LogP contribution in [0.5, 0.6) is 0 Å². The van der Waals surface area contributed by atoms with E-state index in [0.717, 1.165) is 23.5 Å².